The maximum atomic E-state index is 13.7. The number of anilines is 1. The number of carboxylic acids is 1. The van der Waals surface area contributed by atoms with Gasteiger partial charge in [0.2, 0.25) is 11.1 Å². The third kappa shape index (κ3) is 7.16. The molecular weight excluding hydrogens is 607 g/mol. The van der Waals surface area contributed by atoms with Crippen LogP contribution in [0.3, 0.4) is 0 Å². The van der Waals surface area contributed by atoms with Gasteiger partial charge in [-0.1, -0.05) is 42.1 Å². The van der Waals surface area contributed by atoms with Crippen molar-refractivity contribution in [2.75, 3.05) is 24.7 Å². The predicted octanol–water partition coefficient (Wildman–Crippen LogP) is 1.01. The molecule has 1 aromatic carbocycles. The average molecular weight is 641 g/mol. The number of ether oxygens (including phenoxy) is 1. The number of aromatic nitrogens is 4. The van der Waals surface area contributed by atoms with Gasteiger partial charge in [0.25, 0.3) is 5.56 Å². The number of aliphatic hydroxyl groups excluding tert-OH is 1. The predicted molar refractivity (Wildman–Crippen MR) is 155 cm³/mol. The highest BCUT2D eigenvalue weighted by molar-refractivity contribution is 8.13. The maximum absolute atomic E-state index is 13.7. The molecule has 1 fully saturated rings. The van der Waals surface area contributed by atoms with E-state index < -0.39 is 60.4 Å². The van der Waals surface area contributed by atoms with Gasteiger partial charge in [0.15, 0.2) is 17.4 Å². The Labute approximate surface area is 249 Å². The number of H-pyrrole nitrogens is 1. The number of fused-ring (bicyclic) bond motifs is 1. The van der Waals surface area contributed by atoms with E-state index in [1.165, 1.54) is 31.7 Å². The van der Waals surface area contributed by atoms with Crippen LogP contribution < -0.4 is 16.4 Å². The van der Waals surface area contributed by atoms with Crippen molar-refractivity contribution in [1.82, 2.24) is 24.6 Å². The number of nitrogen functional groups attached to an aromatic ring is 1. The SMILES string of the molecule is CC(C)(C(=O)O)C(=O)SCCOP(=O)(NCc1ccccc1)OC[C@H]1O[C@@H](n2cnc3c(=O)[nH]c(N)nc32)[C@](C)(O)[C@@H]1O. The third-order valence-electron chi connectivity index (χ3n) is 6.81. The molecule has 0 amide bonds. The number of nitrogens with one attached hydrogen (secondary N) is 2. The molecule has 1 aliphatic rings. The van der Waals surface area contributed by atoms with Gasteiger partial charge in [-0.25, -0.2) is 14.6 Å². The molecule has 16 nitrogen and oxygen atoms in total. The van der Waals surface area contributed by atoms with Crippen LogP contribution >= 0.6 is 19.5 Å². The van der Waals surface area contributed by atoms with E-state index in [0.29, 0.717) is 0 Å². The first kappa shape index (κ1) is 32.8. The van der Waals surface area contributed by atoms with Gasteiger partial charge >= 0.3 is 13.7 Å². The van der Waals surface area contributed by atoms with Crippen LogP contribution in [0.15, 0.2) is 41.5 Å². The summed E-state index contributed by atoms with van der Waals surface area (Å²) in [5.41, 5.74) is 2.22. The van der Waals surface area contributed by atoms with E-state index in [1.54, 1.807) is 24.3 Å². The van der Waals surface area contributed by atoms with Crippen LogP contribution in [0.5, 0.6) is 0 Å². The zero-order chi connectivity index (χ0) is 31.6. The number of aromatic amines is 1. The van der Waals surface area contributed by atoms with Crippen molar-refractivity contribution in [3.63, 3.8) is 0 Å². The van der Waals surface area contributed by atoms with E-state index in [1.807, 2.05) is 6.07 Å². The van der Waals surface area contributed by atoms with Crippen LogP contribution in [0.1, 0.15) is 32.6 Å². The zero-order valence-electron chi connectivity index (χ0n) is 23.5. The first-order valence-electron chi connectivity index (χ1n) is 13.0. The summed E-state index contributed by atoms with van der Waals surface area (Å²) in [4.78, 5) is 46.2. The fourth-order valence-electron chi connectivity index (χ4n) is 4.14. The molecule has 0 spiro atoms. The monoisotopic (exact) mass is 640 g/mol. The van der Waals surface area contributed by atoms with Gasteiger partial charge in [-0.05, 0) is 26.3 Å². The van der Waals surface area contributed by atoms with Gasteiger partial charge in [-0.2, -0.15) is 4.98 Å². The molecule has 0 bridgehead atoms. The molecule has 1 aliphatic heterocycles. The minimum atomic E-state index is -4.11. The fraction of sp³-hybridized carbons (Fsp3) is 0.480. The number of aliphatic carboxylic acids is 1. The Bertz CT molecular complexity index is 1580. The normalized spacial score (nSPS) is 23.8. The summed E-state index contributed by atoms with van der Waals surface area (Å²) in [6, 6.07) is 8.96. The van der Waals surface area contributed by atoms with E-state index in [-0.39, 0.29) is 36.0 Å². The lowest BCUT2D eigenvalue weighted by molar-refractivity contribution is -0.149. The molecule has 0 aliphatic carbocycles. The first-order valence-corrected chi connectivity index (χ1v) is 15.6. The molecule has 4 rings (SSSR count). The van der Waals surface area contributed by atoms with Crippen molar-refractivity contribution in [3.8, 4) is 0 Å². The number of carbonyl (C=O) groups excluding carboxylic acids is 1. The van der Waals surface area contributed by atoms with Gasteiger partial charge in [0.05, 0.1) is 19.5 Å². The van der Waals surface area contributed by atoms with Crippen molar-refractivity contribution < 1.29 is 43.3 Å². The number of rotatable bonds is 13. The second-order valence-electron chi connectivity index (χ2n) is 10.5. The molecule has 1 saturated heterocycles. The van der Waals surface area contributed by atoms with Crippen LogP contribution in [0, 0.1) is 5.41 Å². The highest BCUT2D eigenvalue weighted by Gasteiger charge is 2.54. The summed E-state index contributed by atoms with van der Waals surface area (Å²) in [6.07, 6.45) is -2.85. The van der Waals surface area contributed by atoms with Gasteiger partial charge < -0.3 is 25.8 Å². The maximum Gasteiger partial charge on any atom is 0.405 e. The smallest absolute Gasteiger partial charge is 0.405 e. The van der Waals surface area contributed by atoms with E-state index in [2.05, 4.69) is 20.0 Å². The lowest BCUT2D eigenvalue weighted by atomic mass is 9.96. The fourth-order valence-corrected chi connectivity index (χ4v) is 6.37. The Morgan fingerprint density at radius 1 is 1.30 bits per heavy atom. The van der Waals surface area contributed by atoms with E-state index >= 15 is 0 Å². The second kappa shape index (κ2) is 12.8. The van der Waals surface area contributed by atoms with Crippen LogP contribution in [-0.2, 0) is 34.5 Å². The number of carbonyl (C=O) groups is 2. The molecule has 1 unspecified atom stereocenters. The number of nitrogens with two attached hydrogens (primary N) is 1. The van der Waals surface area contributed by atoms with Crippen LogP contribution in [-0.4, -0.2) is 82.7 Å². The Hall–Kier alpha value is -3.15. The minimum absolute atomic E-state index is 0.0111. The summed E-state index contributed by atoms with van der Waals surface area (Å²) in [5.74, 6) is -1.48. The number of hydrogen-bond acceptors (Lipinski definition) is 13. The van der Waals surface area contributed by atoms with Crippen LogP contribution in [0.25, 0.3) is 11.2 Å². The molecule has 3 aromatic rings. The quantitative estimate of drug-likeness (QED) is 0.0868. The summed E-state index contributed by atoms with van der Waals surface area (Å²) in [6.45, 7) is 3.20. The number of imidazole rings is 1. The molecule has 3 heterocycles. The van der Waals surface area contributed by atoms with Gasteiger partial charge in [-0.15, -0.1) is 0 Å². The highest BCUT2D eigenvalue weighted by Crippen LogP contribution is 2.47. The number of nitrogens with zero attached hydrogens (tertiary/aromatic N) is 3. The summed E-state index contributed by atoms with van der Waals surface area (Å²) < 4.78 is 32.0. The lowest BCUT2D eigenvalue weighted by Gasteiger charge is -2.27. The summed E-state index contributed by atoms with van der Waals surface area (Å²) in [5, 5.41) is 33.5. The molecule has 2 aromatic heterocycles. The van der Waals surface area contributed by atoms with Gasteiger partial charge in [0, 0.05) is 12.3 Å². The van der Waals surface area contributed by atoms with E-state index in [0.717, 1.165) is 17.3 Å². The molecule has 43 heavy (non-hydrogen) atoms. The van der Waals surface area contributed by atoms with Crippen molar-refractivity contribution in [1.29, 1.82) is 0 Å². The Kier molecular flexibility index (Phi) is 9.78. The van der Waals surface area contributed by atoms with Crippen LogP contribution in [0.2, 0.25) is 0 Å². The molecule has 0 saturated carbocycles. The van der Waals surface area contributed by atoms with Crippen molar-refractivity contribution in [2.24, 2.45) is 5.41 Å². The standard InChI is InChI=1S/C25H33N6O10PS/c1-24(2,21(34)35)22(36)43-10-9-39-42(38,28-11-14-7-5-4-6-8-14)40-12-15-17(32)25(3,37)20(41-15)31-13-27-16-18(31)29-23(26)30-19(16)33/h4-8,13,15,17,20,32,37H,9-12H2,1-3H3,(H,28,38)(H,34,35)(H3,26,29,30,33)/t15-,17-,20-,25-,42?/m1/s1. The Balaban J connectivity index is 1.46. The Morgan fingerprint density at radius 2 is 2.00 bits per heavy atom. The Morgan fingerprint density at radius 3 is 2.67 bits per heavy atom. The second-order valence-corrected chi connectivity index (χ2v) is 13.4. The molecule has 18 heteroatoms. The number of benzene rings is 1. The van der Waals surface area contributed by atoms with Gasteiger partial charge in [-0.3, -0.25) is 33.0 Å². The first-order chi connectivity index (χ1) is 20.2. The molecule has 5 atom stereocenters. The summed E-state index contributed by atoms with van der Waals surface area (Å²) >= 11 is 0.717. The number of aliphatic hydroxyl groups is 2. The lowest BCUT2D eigenvalue weighted by Crippen LogP contribution is -2.44. The number of hydrogen-bond donors (Lipinski definition) is 6. The molecule has 7 N–H and O–H groups in total. The largest absolute Gasteiger partial charge is 0.480 e. The molecular formula is C25H33N6O10PS. The highest BCUT2D eigenvalue weighted by atomic mass is 32.2. The van der Waals surface area contributed by atoms with Crippen molar-refractivity contribution in [3.05, 3.63) is 52.6 Å². The number of thioether (sulfide) groups is 1. The average Bonchev–Trinajstić information content (AvgIpc) is 3.47. The van der Waals surface area contributed by atoms with Gasteiger partial charge in [0.1, 0.15) is 23.2 Å². The summed E-state index contributed by atoms with van der Waals surface area (Å²) in [7, 11) is -4.11. The molecule has 234 valence electrons. The van der Waals surface area contributed by atoms with Crippen molar-refractivity contribution in [2.45, 2.75) is 51.4 Å². The van der Waals surface area contributed by atoms with Crippen LogP contribution in [0.4, 0.5) is 5.95 Å². The van der Waals surface area contributed by atoms with E-state index in [4.69, 9.17) is 19.5 Å². The third-order valence-corrected chi connectivity index (χ3v) is 9.51. The van der Waals surface area contributed by atoms with Crippen molar-refractivity contribution >= 4 is 47.7 Å². The van der Waals surface area contributed by atoms with E-state index in [9.17, 15) is 34.3 Å². The molecule has 0 radical (unpaired) electrons. The topological polar surface area (TPSA) is 241 Å². The zero-order valence-corrected chi connectivity index (χ0v) is 25.2. The number of carboxylic acid groups (broad SMARTS) is 1. The minimum Gasteiger partial charge on any atom is -0.480 e.